The second-order valence-electron chi connectivity index (χ2n) is 17.3. The number of nitrogens with zero attached hydrogens (tertiary/aromatic N) is 2. The van der Waals surface area contributed by atoms with Crippen LogP contribution in [0.4, 0.5) is 0 Å². The van der Waals surface area contributed by atoms with Crippen LogP contribution in [-0.4, -0.2) is 84.4 Å². The highest BCUT2D eigenvalue weighted by Gasteiger charge is 2.62. The molecule has 2 aromatic rings. The fourth-order valence-electron chi connectivity index (χ4n) is 8.86. The van der Waals surface area contributed by atoms with E-state index in [1.807, 2.05) is 116 Å². The summed E-state index contributed by atoms with van der Waals surface area (Å²) >= 11 is 0. The molecule has 2 heterocycles. The van der Waals surface area contributed by atoms with E-state index in [0.29, 0.717) is 24.0 Å². The monoisotopic (exact) mass is 852 g/mol. The van der Waals surface area contributed by atoms with E-state index < -0.39 is 72.8 Å². The lowest BCUT2D eigenvalue weighted by atomic mass is 9.86. The van der Waals surface area contributed by atoms with Gasteiger partial charge in [0.25, 0.3) is 0 Å². The van der Waals surface area contributed by atoms with Gasteiger partial charge >= 0.3 is 27.1 Å². The van der Waals surface area contributed by atoms with Crippen LogP contribution >= 0.6 is 15.2 Å². The molecule has 4 rings (SSSR count). The van der Waals surface area contributed by atoms with Crippen LogP contribution in [-0.2, 0) is 56.0 Å². The molecule has 16 heteroatoms. The average Bonchev–Trinajstić information content (AvgIpc) is 3.46. The molecule has 0 radical (unpaired) electrons. The van der Waals surface area contributed by atoms with Crippen molar-refractivity contribution in [3.63, 3.8) is 0 Å². The Morgan fingerprint density at radius 2 is 0.862 bits per heavy atom. The molecule has 2 aliphatic heterocycles. The Hall–Kier alpha value is -2.48. The molecule has 0 amide bonds. The molecule has 2 fully saturated rings. The minimum absolute atomic E-state index is 0.172. The van der Waals surface area contributed by atoms with E-state index in [2.05, 4.69) is 0 Å². The molecule has 2 aromatic carbocycles. The summed E-state index contributed by atoms with van der Waals surface area (Å²) in [7, 11) is -7.49. The molecule has 0 saturated carbocycles. The summed E-state index contributed by atoms with van der Waals surface area (Å²) in [5, 5.41) is 3.32. The summed E-state index contributed by atoms with van der Waals surface area (Å²) in [5.41, 5.74) is -1.10. The summed E-state index contributed by atoms with van der Waals surface area (Å²) in [6.45, 7) is 22.9. The van der Waals surface area contributed by atoms with Gasteiger partial charge in [0.15, 0.2) is 0 Å². The van der Waals surface area contributed by atoms with E-state index in [-0.39, 0.29) is 39.6 Å². The molecule has 0 N–H and O–H groups in total. The van der Waals surface area contributed by atoms with Crippen LogP contribution in [0, 0.1) is 10.8 Å². The van der Waals surface area contributed by atoms with Crippen molar-refractivity contribution in [3.8, 4) is 0 Å². The predicted octanol–water partition coefficient (Wildman–Crippen LogP) is 9.62. The highest BCUT2D eigenvalue weighted by atomic mass is 31.2. The first kappa shape index (κ1) is 48.2. The smallest absolute Gasteiger partial charge is 0.417 e. The quantitative estimate of drug-likeness (QED) is 0.0707. The lowest BCUT2D eigenvalue weighted by Gasteiger charge is -2.40. The second kappa shape index (κ2) is 19.5. The first-order valence-corrected chi connectivity index (χ1v) is 23.5. The normalized spacial score (nSPS) is 22.7. The Labute approximate surface area is 345 Å². The van der Waals surface area contributed by atoms with Crippen molar-refractivity contribution < 1.29 is 56.0 Å². The highest BCUT2D eigenvalue weighted by molar-refractivity contribution is 7.55. The third-order valence-corrected chi connectivity index (χ3v) is 15.9. The van der Waals surface area contributed by atoms with Crippen molar-refractivity contribution in [2.75, 3.05) is 39.6 Å². The van der Waals surface area contributed by atoms with Crippen molar-refractivity contribution in [2.24, 2.45) is 10.8 Å². The van der Waals surface area contributed by atoms with E-state index in [1.54, 1.807) is 37.8 Å². The van der Waals surface area contributed by atoms with Crippen molar-refractivity contribution in [3.05, 3.63) is 71.8 Å². The van der Waals surface area contributed by atoms with Crippen LogP contribution in [0.15, 0.2) is 60.7 Å². The molecular formula is C42H66N2O12P2. The summed E-state index contributed by atoms with van der Waals surface area (Å²) in [5.74, 6) is -4.06. The Kier molecular flexibility index (Phi) is 16.2. The number of hydrogen-bond donors (Lipinski definition) is 0. The van der Waals surface area contributed by atoms with Crippen molar-refractivity contribution in [1.29, 1.82) is 0 Å². The molecule has 0 aromatic heterocycles. The largest absolute Gasteiger partial charge is 0.454 e. The number of ether oxygens (including phenoxy) is 2. The third kappa shape index (κ3) is 11.1. The number of rotatable bonds is 20. The molecule has 2 aliphatic rings. The maximum Gasteiger partial charge on any atom is 0.417 e. The minimum Gasteiger partial charge on any atom is -0.454 e. The summed E-state index contributed by atoms with van der Waals surface area (Å²) in [4.78, 5) is 40.1. The standard InChI is InChI=1S/C42H66N2O12P2/c1-13-51-57(47,52-14-2)37-39(5,6)29-41(9,10)43(37)55-33(31-23-19-17-20-24-31)27-49-35(45)36(46)50-28-34(32-25-21-18-22-26-32)56-44-38(40(7,8)30-42(44,11)12)58(48,53-15-3)54-16-4/h17-26,33-34,37-38H,13-16,27-30H2,1-12H3. The van der Waals surface area contributed by atoms with Crippen molar-refractivity contribution in [2.45, 2.75) is 131 Å². The zero-order chi connectivity index (χ0) is 43.2. The van der Waals surface area contributed by atoms with E-state index in [4.69, 9.17) is 37.2 Å². The van der Waals surface area contributed by atoms with E-state index in [0.717, 1.165) is 0 Å². The summed E-state index contributed by atoms with van der Waals surface area (Å²) in [6.07, 6.45) is -0.631. The number of carbonyl (C=O) groups is 2. The van der Waals surface area contributed by atoms with Gasteiger partial charge < -0.3 is 27.6 Å². The van der Waals surface area contributed by atoms with Crippen LogP contribution < -0.4 is 0 Å². The Morgan fingerprint density at radius 3 is 1.14 bits per heavy atom. The van der Waals surface area contributed by atoms with Gasteiger partial charge in [-0.05, 0) is 90.2 Å². The average molecular weight is 853 g/mol. The highest BCUT2D eigenvalue weighted by Crippen LogP contribution is 2.67. The molecule has 326 valence electrons. The topological polar surface area (TPSA) is 149 Å². The van der Waals surface area contributed by atoms with Gasteiger partial charge in [0, 0.05) is 11.1 Å². The number of hydroxylamine groups is 4. The van der Waals surface area contributed by atoms with Crippen molar-refractivity contribution in [1.82, 2.24) is 10.1 Å². The molecular weight excluding hydrogens is 786 g/mol. The minimum atomic E-state index is -3.74. The molecule has 0 spiro atoms. The van der Waals surface area contributed by atoms with Crippen LogP contribution in [0.25, 0.3) is 0 Å². The van der Waals surface area contributed by atoms with Gasteiger partial charge in [-0.3, -0.25) is 18.8 Å². The number of carbonyl (C=O) groups excluding carboxylic acids is 2. The van der Waals surface area contributed by atoms with E-state index >= 15 is 0 Å². The maximum absolute atomic E-state index is 14.4. The fraction of sp³-hybridized carbons (Fsp3) is 0.667. The molecule has 2 saturated heterocycles. The molecule has 4 unspecified atom stereocenters. The van der Waals surface area contributed by atoms with Crippen LogP contribution in [0.3, 0.4) is 0 Å². The third-order valence-electron chi connectivity index (χ3n) is 10.4. The zero-order valence-electron chi connectivity index (χ0n) is 36.4. The molecule has 0 aliphatic carbocycles. The van der Waals surface area contributed by atoms with Gasteiger partial charge in [-0.15, -0.1) is 0 Å². The fourth-order valence-corrected chi connectivity index (χ4v) is 14.2. The molecule has 4 atom stereocenters. The second-order valence-corrected chi connectivity index (χ2v) is 21.5. The first-order valence-electron chi connectivity index (χ1n) is 20.2. The summed E-state index contributed by atoms with van der Waals surface area (Å²) < 4.78 is 63.3. The van der Waals surface area contributed by atoms with Gasteiger partial charge in [-0.2, -0.15) is 10.1 Å². The van der Waals surface area contributed by atoms with Crippen LogP contribution in [0.5, 0.6) is 0 Å². The van der Waals surface area contributed by atoms with Crippen molar-refractivity contribution >= 4 is 27.1 Å². The lowest BCUT2D eigenvalue weighted by molar-refractivity contribution is -0.255. The summed E-state index contributed by atoms with van der Waals surface area (Å²) in [6, 6.07) is 18.2. The molecule has 14 nitrogen and oxygen atoms in total. The first-order chi connectivity index (χ1) is 27.1. The lowest BCUT2D eigenvalue weighted by Crippen LogP contribution is -2.46. The number of benzene rings is 2. The zero-order valence-corrected chi connectivity index (χ0v) is 38.2. The molecule has 0 bridgehead atoms. The van der Waals surface area contributed by atoms with Gasteiger partial charge in [-0.1, -0.05) is 88.4 Å². The van der Waals surface area contributed by atoms with E-state index in [1.165, 1.54) is 0 Å². The molecule has 58 heavy (non-hydrogen) atoms. The van der Waals surface area contributed by atoms with Gasteiger partial charge in [0.2, 0.25) is 0 Å². The van der Waals surface area contributed by atoms with Crippen LogP contribution in [0.2, 0.25) is 0 Å². The Morgan fingerprint density at radius 1 is 0.569 bits per heavy atom. The van der Waals surface area contributed by atoms with E-state index in [9.17, 15) is 18.7 Å². The van der Waals surface area contributed by atoms with Crippen LogP contribution in [0.1, 0.15) is 119 Å². The number of hydrogen-bond acceptors (Lipinski definition) is 14. The SMILES string of the molecule is CCOP(=O)(OCC)C1N(OC(COC(=O)C(=O)OCC(ON2C(P(=O)(OCC)OCC)C(C)(C)CC2(C)C)c2ccccc2)c2ccccc2)C(C)(C)CC1(C)C. The Bertz CT molecular complexity index is 1610. The number of esters is 2. The maximum atomic E-state index is 14.4. The van der Waals surface area contributed by atoms with Gasteiger partial charge in [0.1, 0.15) is 37.0 Å². The van der Waals surface area contributed by atoms with Gasteiger partial charge in [0.05, 0.1) is 26.4 Å². The van der Waals surface area contributed by atoms with Gasteiger partial charge in [-0.25, -0.2) is 9.59 Å². The Balaban J connectivity index is 1.56. The predicted molar refractivity (Wildman–Crippen MR) is 220 cm³/mol.